The van der Waals surface area contributed by atoms with Crippen LogP contribution in [0.2, 0.25) is 0 Å². The third-order valence-electron chi connectivity index (χ3n) is 3.52. The molecule has 0 aromatic carbocycles. The molecule has 1 fully saturated rings. The smallest absolute Gasteiger partial charge is 0.127 e. The Kier molecular flexibility index (Phi) is 3.29. The fourth-order valence-electron chi connectivity index (χ4n) is 2.12. The molecular formula is C12H17BrN2. The molecule has 1 heterocycles. The molecule has 1 N–H and O–H groups in total. The van der Waals surface area contributed by atoms with Crippen LogP contribution in [0.25, 0.3) is 0 Å². The first-order valence-electron chi connectivity index (χ1n) is 5.61. The van der Waals surface area contributed by atoms with Gasteiger partial charge in [0.05, 0.1) is 0 Å². The van der Waals surface area contributed by atoms with E-state index in [4.69, 9.17) is 0 Å². The highest BCUT2D eigenvalue weighted by atomic mass is 79.9. The number of anilines is 1. The van der Waals surface area contributed by atoms with Crippen LogP contribution in [0.4, 0.5) is 5.82 Å². The fraction of sp³-hybridized carbons (Fsp3) is 0.583. The van der Waals surface area contributed by atoms with E-state index in [0.717, 1.165) is 17.0 Å². The number of hydrogen-bond donors (Lipinski definition) is 1. The molecule has 1 aromatic rings. The summed E-state index contributed by atoms with van der Waals surface area (Å²) in [6.07, 6.45) is 5.39. The zero-order valence-electron chi connectivity index (χ0n) is 9.09. The molecule has 82 valence electrons. The topological polar surface area (TPSA) is 24.9 Å². The Morgan fingerprint density at radius 2 is 2.27 bits per heavy atom. The van der Waals surface area contributed by atoms with Gasteiger partial charge in [-0.2, -0.15) is 0 Å². The van der Waals surface area contributed by atoms with Crippen molar-refractivity contribution in [1.29, 1.82) is 0 Å². The number of aromatic nitrogens is 1. The average molecular weight is 269 g/mol. The highest BCUT2D eigenvalue weighted by Gasteiger charge is 2.34. The van der Waals surface area contributed by atoms with Crippen molar-refractivity contribution in [2.75, 3.05) is 11.9 Å². The summed E-state index contributed by atoms with van der Waals surface area (Å²) in [5, 5.41) is 3.44. The second-order valence-corrected chi connectivity index (χ2v) is 5.22. The number of nitrogens with one attached hydrogen (secondary N) is 1. The van der Waals surface area contributed by atoms with Gasteiger partial charge in [0.15, 0.2) is 0 Å². The third-order valence-corrected chi connectivity index (χ3v) is 3.97. The molecule has 1 aliphatic carbocycles. The van der Waals surface area contributed by atoms with Crippen LogP contribution in [0, 0.1) is 5.41 Å². The van der Waals surface area contributed by atoms with Crippen LogP contribution >= 0.6 is 15.9 Å². The van der Waals surface area contributed by atoms with Crippen molar-refractivity contribution in [3.05, 3.63) is 22.8 Å². The molecule has 1 aliphatic rings. The lowest BCUT2D eigenvalue weighted by Gasteiger charge is -2.41. The van der Waals surface area contributed by atoms with Crippen molar-refractivity contribution < 1.29 is 0 Å². The lowest BCUT2D eigenvalue weighted by molar-refractivity contribution is 0.145. The molecule has 0 aliphatic heterocycles. The third kappa shape index (κ3) is 2.51. The largest absolute Gasteiger partial charge is 0.369 e. The van der Waals surface area contributed by atoms with E-state index in [1.807, 2.05) is 18.2 Å². The van der Waals surface area contributed by atoms with Crippen molar-refractivity contribution in [1.82, 2.24) is 4.98 Å². The Bertz CT molecular complexity index is 329. The Hall–Kier alpha value is -0.570. The Morgan fingerprint density at radius 3 is 2.80 bits per heavy atom. The molecule has 0 atom stereocenters. The minimum atomic E-state index is 0.546. The monoisotopic (exact) mass is 268 g/mol. The van der Waals surface area contributed by atoms with Gasteiger partial charge >= 0.3 is 0 Å². The Balaban J connectivity index is 1.92. The van der Waals surface area contributed by atoms with Crippen LogP contribution < -0.4 is 5.32 Å². The first-order valence-corrected chi connectivity index (χ1v) is 6.40. The molecule has 1 aromatic heterocycles. The van der Waals surface area contributed by atoms with Gasteiger partial charge in [-0.05, 0) is 52.7 Å². The van der Waals surface area contributed by atoms with Gasteiger partial charge in [0.25, 0.3) is 0 Å². The van der Waals surface area contributed by atoms with Crippen LogP contribution in [0.15, 0.2) is 22.8 Å². The molecule has 0 amide bonds. The van der Waals surface area contributed by atoms with Gasteiger partial charge < -0.3 is 5.32 Å². The fourth-order valence-corrected chi connectivity index (χ4v) is 2.46. The van der Waals surface area contributed by atoms with E-state index >= 15 is 0 Å². The van der Waals surface area contributed by atoms with E-state index in [2.05, 4.69) is 33.2 Å². The summed E-state index contributed by atoms with van der Waals surface area (Å²) < 4.78 is 0.895. The summed E-state index contributed by atoms with van der Waals surface area (Å²) in [5.74, 6) is 0.976. The lowest BCUT2D eigenvalue weighted by Crippen LogP contribution is -2.36. The van der Waals surface area contributed by atoms with Crippen LogP contribution in [0.3, 0.4) is 0 Å². The summed E-state index contributed by atoms with van der Waals surface area (Å²) >= 11 is 3.38. The van der Waals surface area contributed by atoms with Crippen molar-refractivity contribution in [3.63, 3.8) is 0 Å². The van der Waals surface area contributed by atoms with Gasteiger partial charge in [-0.1, -0.05) is 19.4 Å². The van der Waals surface area contributed by atoms with Crippen molar-refractivity contribution in [2.45, 2.75) is 32.6 Å². The van der Waals surface area contributed by atoms with Gasteiger partial charge in [-0.15, -0.1) is 0 Å². The Morgan fingerprint density at radius 1 is 1.47 bits per heavy atom. The van der Waals surface area contributed by atoms with Gasteiger partial charge in [-0.25, -0.2) is 4.98 Å². The van der Waals surface area contributed by atoms with Gasteiger partial charge in [0.2, 0.25) is 0 Å². The van der Waals surface area contributed by atoms with E-state index in [-0.39, 0.29) is 0 Å². The minimum absolute atomic E-state index is 0.546. The molecule has 0 radical (unpaired) electrons. The first-order chi connectivity index (χ1) is 7.24. The lowest BCUT2D eigenvalue weighted by atomic mass is 9.67. The van der Waals surface area contributed by atoms with Gasteiger partial charge in [0.1, 0.15) is 10.4 Å². The number of hydrogen-bond acceptors (Lipinski definition) is 2. The van der Waals surface area contributed by atoms with Crippen LogP contribution in [-0.4, -0.2) is 11.5 Å². The van der Waals surface area contributed by atoms with E-state index in [1.54, 1.807) is 0 Å². The standard InChI is InChI=1S/C12H17BrN2/c1-2-12(7-4-8-12)9-14-11-6-3-5-10(13)15-11/h3,5-6H,2,4,7-9H2,1H3,(H,14,15). The minimum Gasteiger partial charge on any atom is -0.369 e. The number of rotatable bonds is 4. The number of nitrogens with zero attached hydrogens (tertiary/aromatic N) is 1. The predicted molar refractivity (Wildman–Crippen MR) is 67.0 cm³/mol. The van der Waals surface area contributed by atoms with Crippen LogP contribution in [0.5, 0.6) is 0 Å². The first kappa shape index (κ1) is 10.9. The molecule has 0 unspecified atom stereocenters. The maximum atomic E-state index is 4.37. The maximum Gasteiger partial charge on any atom is 0.127 e. The zero-order valence-corrected chi connectivity index (χ0v) is 10.7. The molecule has 0 saturated heterocycles. The van der Waals surface area contributed by atoms with Gasteiger partial charge in [0, 0.05) is 6.54 Å². The molecule has 2 nitrogen and oxygen atoms in total. The number of halogens is 1. The number of pyridine rings is 1. The second-order valence-electron chi connectivity index (χ2n) is 4.41. The van der Waals surface area contributed by atoms with E-state index < -0.39 is 0 Å². The molecule has 15 heavy (non-hydrogen) atoms. The molecule has 2 rings (SSSR count). The molecule has 3 heteroatoms. The maximum absolute atomic E-state index is 4.37. The second kappa shape index (κ2) is 4.52. The van der Waals surface area contributed by atoms with E-state index in [9.17, 15) is 0 Å². The SMILES string of the molecule is CCC1(CNc2cccc(Br)n2)CCC1. The van der Waals surface area contributed by atoms with E-state index in [1.165, 1.54) is 25.7 Å². The highest BCUT2D eigenvalue weighted by Crippen LogP contribution is 2.43. The molecule has 1 saturated carbocycles. The summed E-state index contributed by atoms with van der Waals surface area (Å²) in [6.45, 7) is 3.35. The summed E-state index contributed by atoms with van der Waals surface area (Å²) in [6, 6.07) is 5.98. The van der Waals surface area contributed by atoms with Crippen LogP contribution in [0.1, 0.15) is 32.6 Å². The summed E-state index contributed by atoms with van der Waals surface area (Å²) in [5.41, 5.74) is 0.546. The normalized spacial score (nSPS) is 18.3. The average Bonchev–Trinajstić information content (AvgIpc) is 2.17. The van der Waals surface area contributed by atoms with Crippen molar-refractivity contribution in [3.8, 4) is 0 Å². The van der Waals surface area contributed by atoms with Crippen molar-refractivity contribution in [2.24, 2.45) is 5.41 Å². The molecule has 0 spiro atoms. The Labute approximate surface area is 99.6 Å². The van der Waals surface area contributed by atoms with Gasteiger partial charge in [-0.3, -0.25) is 0 Å². The molecular weight excluding hydrogens is 252 g/mol. The zero-order chi connectivity index (χ0) is 10.7. The summed E-state index contributed by atoms with van der Waals surface area (Å²) in [4.78, 5) is 4.37. The van der Waals surface area contributed by atoms with Crippen LogP contribution in [-0.2, 0) is 0 Å². The van der Waals surface area contributed by atoms with E-state index in [0.29, 0.717) is 5.41 Å². The molecule has 0 bridgehead atoms. The summed E-state index contributed by atoms with van der Waals surface area (Å²) in [7, 11) is 0. The predicted octanol–water partition coefficient (Wildman–Crippen LogP) is 3.84. The quantitative estimate of drug-likeness (QED) is 0.840. The highest BCUT2D eigenvalue weighted by molar-refractivity contribution is 9.10. The van der Waals surface area contributed by atoms with Crippen molar-refractivity contribution >= 4 is 21.7 Å².